The van der Waals surface area contributed by atoms with Gasteiger partial charge in [0.15, 0.2) is 0 Å². The molecular weight excluding hydrogens is 264 g/mol. The Kier molecular flexibility index (Phi) is 7.12. The molecule has 0 saturated carbocycles. The van der Waals surface area contributed by atoms with Crippen LogP contribution in [0.1, 0.15) is 47.1 Å². The van der Waals surface area contributed by atoms with Crippen LogP contribution in [0.5, 0.6) is 0 Å². The van der Waals surface area contributed by atoms with E-state index < -0.39 is 0 Å². The van der Waals surface area contributed by atoms with Crippen molar-refractivity contribution in [2.24, 2.45) is 0 Å². The first-order chi connectivity index (χ1) is 10.0. The summed E-state index contributed by atoms with van der Waals surface area (Å²) in [7, 11) is 0. The van der Waals surface area contributed by atoms with Crippen LogP contribution in [0, 0.1) is 0 Å². The molecule has 0 aromatic carbocycles. The molecule has 120 valence electrons. The van der Waals surface area contributed by atoms with Crippen LogP contribution in [-0.4, -0.2) is 37.0 Å². The van der Waals surface area contributed by atoms with Crippen LogP contribution in [0.3, 0.4) is 0 Å². The van der Waals surface area contributed by atoms with Gasteiger partial charge in [0.1, 0.15) is 6.10 Å². The molecule has 4 heteroatoms. The van der Waals surface area contributed by atoms with E-state index in [1.54, 1.807) is 0 Å². The Balaban J connectivity index is 0.00000106. The van der Waals surface area contributed by atoms with Crippen LogP contribution in [-0.2, 0) is 14.9 Å². The Morgan fingerprint density at radius 2 is 2.00 bits per heavy atom. The van der Waals surface area contributed by atoms with Gasteiger partial charge < -0.3 is 14.8 Å². The van der Waals surface area contributed by atoms with Crippen molar-refractivity contribution in [1.29, 1.82) is 0 Å². The molecule has 1 saturated heterocycles. The Labute approximate surface area is 129 Å². The molecule has 2 rings (SSSR count). The monoisotopic (exact) mass is 294 g/mol. The van der Waals surface area contributed by atoms with Gasteiger partial charge in [0, 0.05) is 19.0 Å². The highest BCUT2D eigenvalue weighted by atomic mass is 16.5. The molecule has 0 bridgehead atoms. The van der Waals surface area contributed by atoms with Crippen molar-refractivity contribution in [3.63, 3.8) is 0 Å². The minimum absolute atomic E-state index is 0.107. The highest BCUT2D eigenvalue weighted by Crippen LogP contribution is 2.24. The first kappa shape index (κ1) is 17.9. The van der Waals surface area contributed by atoms with Gasteiger partial charge in [-0.15, -0.1) is 0 Å². The summed E-state index contributed by atoms with van der Waals surface area (Å²) in [6, 6.07) is 2.37. The molecule has 2 atom stereocenters. The second-order valence-corrected chi connectivity index (χ2v) is 5.99. The van der Waals surface area contributed by atoms with E-state index in [0.717, 1.165) is 5.69 Å². The van der Waals surface area contributed by atoms with Gasteiger partial charge in [0.25, 0.3) is 0 Å². The summed E-state index contributed by atoms with van der Waals surface area (Å²) < 4.78 is 11.2. The van der Waals surface area contributed by atoms with Crippen LogP contribution < -0.4 is 5.32 Å². The maximum atomic E-state index is 5.68. The first-order valence-electron chi connectivity index (χ1n) is 7.92. The van der Waals surface area contributed by atoms with Gasteiger partial charge in [0.05, 0.1) is 24.9 Å². The molecule has 1 aliphatic rings. The lowest BCUT2D eigenvalue weighted by atomic mass is 9.88. The van der Waals surface area contributed by atoms with E-state index >= 15 is 0 Å². The van der Waals surface area contributed by atoms with Gasteiger partial charge >= 0.3 is 0 Å². The molecule has 1 N–H and O–H groups in total. The fraction of sp³-hybridized carbons (Fsp3) is 0.706. The fourth-order valence-electron chi connectivity index (χ4n) is 2.19. The van der Waals surface area contributed by atoms with Crippen molar-refractivity contribution in [2.75, 3.05) is 25.1 Å². The molecule has 1 aromatic rings. The number of hydrogen-bond acceptors (Lipinski definition) is 4. The van der Waals surface area contributed by atoms with Crippen LogP contribution in [0.15, 0.2) is 18.5 Å². The second kappa shape index (κ2) is 8.35. The summed E-state index contributed by atoms with van der Waals surface area (Å²) in [6.07, 6.45) is 3.91. The number of ether oxygens (including phenoxy) is 2. The summed E-state index contributed by atoms with van der Waals surface area (Å²) >= 11 is 0. The van der Waals surface area contributed by atoms with Crippen molar-refractivity contribution in [3.05, 3.63) is 24.0 Å². The summed E-state index contributed by atoms with van der Waals surface area (Å²) in [5, 5.41) is 3.48. The van der Waals surface area contributed by atoms with E-state index in [9.17, 15) is 0 Å². The maximum absolute atomic E-state index is 5.68. The van der Waals surface area contributed by atoms with Gasteiger partial charge in [-0.05, 0) is 24.0 Å². The molecule has 0 spiro atoms. The van der Waals surface area contributed by atoms with Gasteiger partial charge in [-0.1, -0.05) is 34.6 Å². The normalized spacial score (nSPS) is 21.6. The van der Waals surface area contributed by atoms with Crippen LogP contribution in [0.2, 0.25) is 0 Å². The standard InChI is InChI=1S/C15H24N2O2.C2H6/c1-5-19-14-10-18-9-13(14)17-12-6-11(7-16-8-12)15(2,3)4;1-2/h6-8,13-14,17H,5,9-10H2,1-4H3;1-2H3. The Hall–Kier alpha value is -1.13. The molecule has 0 aliphatic carbocycles. The zero-order valence-electron chi connectivity index (χ0n) is 14.3. The van der Waals surface area contributed by atoms with Crippen LogP contribution in [0.25, 0.3) is 0 Å². The van der Waals surface area contributed by atoms with Gasteiger partial charge in [0.2, 0.25) is 0 Å². The topological polar surface area (TPSA) is 43.4 Å². The summed E-state index contributed by atoms with van der Waals surface area (Å²) in [5.41, 5.74) is 2.37. The third kappa shape index (κ3) is 5.29. The molecule has 0 amide bonds. The summed E-state index contributed by atoms with van der Waals surface area (Å²) in [6.45, 7) is 14.6. The summed E-state index contributed by atoms with van der Waals surface area (Å²) in [5.74, 6) is 0. The number of anilines is 1. The maximum Gasteiger partial charge on any atom is 0.103 e. The molecule has 0 radical (unpaired) electrons. The van der Waals surface area contributed by atoms with Crippen LogP contribution >= 0.6 is 0 Å². The first-order valence-corrected chi connectivity index (χ1v) is 7.92. The van der Waals surface area contributed by atoms with E-state index in [1.807, 2.05) is 33.2 Å². The number of pyridine rings is 1. The number of nitrogens with one attached hydrogen (secondary N) is 1. The number of hydrogen-bond donors (Lipinski definition) is 1. The van der Waals surface area contributed by atoms with Crippen molar-refractivity contribution in [2.45, 2.75) is 59.1 Å². The lowest BCUT2D eigenvalue weighted by Crippen LogP contribution is -2.34. The molecule has 1 aromatic heterocycles. The molecule has 21 heavy (non-hydrogen) atoms. The molecule has 1 aliphatic heterocycles. The Morgan fingerprint density at radius 3 is 2.62 bits per heavy atom. The summed E-state index contributed by atoms with van der Waals surface area (Å²) in [4.78, 5) is 4.32. The molecule has 1 fully saturated rings. The van der Waals surface area contributed by atoms with E-state index in [1.165, 1.54) is 5.56 Å². The second-order valence-electron chi connectivity index (χ2n) is 5.99. The quantitative estimate of drug-likeness (QED) is 0.921. The minimum atomic E-state index is 0.107. The van der Waals surface area contributed by atoms with Crippen molar-refractivity contribution < 1.29 is 9.47 Å². The zero-order valence-corrected chi connectivity index (χ0v) is 14.3. The molecule has 4 nitrogen and oxygen atoms in total. The van der Waals surface area contributed by atoms with Gasteiger partial charge in [-0.2, -0.15) is 0 Å². The number of rotatable bonds is 4. The van der Waals surface area contributed by atoms with Crippen molar-refractivity contribution in [3.8, 4) is 0 Å². The Bertz CT molecular complexity index is 415. The molecular formula is C17H30N2O2. The van der Waals surface area contributed by atoms with E-state index in [-0.39, 0.29) is 17.6 Å². The fourth-order valence-corrected chi connectivity index (χ4v) is 2.19. The Morgan fingerprint density at radius 1 is 1.29 bits per heavy atom. The molecule has 2 heterocycles. The highest BCUT2D eigenvalue weighted by molar-refractivity contribution is 5.45. The average molecular weight is 294 g/mol. The van der Waals surface area contributed by atoms with E-state index in [4.69, 9.17) is 9.47 Å². The zero-order chi connectivity index (χ0) is 15.9. The highest BCUT2D eigenvalue weighted by Gasteiger charge is 2.28. The van der Waals surface area contributed by atoms with Gasteiger partial charge in [-0.25, -0.2) is 0 Å². The third-order valence-corrected chi connectivity index (χ3v) is 3.37. The third-order valence-electron chi connectivity index (χ3n) is 3.37. The average Bonchev–Trinajstić information content (AvgIpc) is 2.88. The van der Waals surface area contributed by atoms with E-state index in [2.05, 4.69) is 37.1 Å². The smallest absolute Gasteiger partial charge is 0.103 e. The minimum Gasteiger partial charge on any atom is -0.376 e. The lowest BCUT2D eigenvalue weighted by Gasteiger charge is -2.22. The van der Waals surface area contributed by atoms with Crippen LogP contribution in [0.4, 0.5) is 5.69 Å². The number of aromatic nitrogens is 1. The molecule has 2 unspecified atom stereocenters. The lowest BCUT2D eigenvalue weighted by molar-refractivity contribution is 0.0478. The van der Waals surface area contributed by atoms with Gasteiger partial charge in [-0.3, -0.25) is 4.98 Å². The van der Waals surface area contributed by atoms with Crippen molar-refractivity contribution >= 4 is 5.69 Å². The predicted octanol–water partition coefficient (Wildman–Crippen LogP) is 3.62. The largest absolute Gasteiger partial charge is 0.376 e. The predicted molar refractivity (Wildman–Crippen MR) is 87.9 cm³/mol. The number of nitrogens with zero attached hydrogens (tertiary/aromatic N) is 1. The SMILES string of the molecule is CC.CCOC1COCC1Nc1cncc(C(C)(C)C)c1. The van der Waals surface area contributed by atoms with Crippen molar-refractivity contribution in [1.82, 2.24) is 4.98 Å². The van der Waals surface area contributed by atoms with E-state index in [0.29, 0.717) is 19.8 Å².